The molecule has 4 rings (SSSR count). The van der Waals surface area contributed by atoms with E-state index in [-0.39, 0.29) is 41.2 Å². The molecule has 0 amide bonds. The minimum Gasteiger partial charge on any atom is -0.507 e. The van der Waals surface area contributed by atoms with Crippen molar-refractivity contribution in [2.24, 2.45) is 11.8 Å². The predicted octanol–water partition coefficient (Wildman–Crippen LogP) is 2.44. The second kappa shape index (κ2) is 5.95. The van der Waals surface area contributed by atoms with E-state index < -0.39 is 0 Å². The minimum atomic E-state index is -0.0974. The normalized spacial score (nSPS) is 29.4. The largest absolute Gasteiger partial charge is 0.507 e. The van der Waals surface area contributed by atoms with E-state index >= 15 is 0 Å². The molecule has 2 bridgehead atoms. The lowest BCUT2D eigenvalue weighted by Gasteiger charge is -2.42. The van der Waals surface area contributed by atoms with E-state index in [1.54, 1.807) is 24.3 Å². The quantitative estimate of drug-likeness (QED) is 0.794. The number of quaternary nitrogens is 1. The van der Waals surface area contributed by atoms with Crippen LogP contribution in [0.4, 0.5) is 0 Å². The number of hydrogen-bond acceptors (Lipinski definition) is 3. The number of carbonyl (C=O) groups excluding carboxylic acids is 1. The first kappa shape index (κ1) is 15.2. The zero-order chi connectivity index (χ0) is 16.7. The fraction of sp³-hybridized carbons (Fsp3) is 0.350. The van der Waals surface area contributed by atoms with Crippen molar-refractivity contribution in [1.29, 1.82) is 0 Å². The third kappa shape index (κ3) is 2.38. The summed E-state index contributed by atoms with van der Waals surface area (Å²) >= 11 is 0. The molecule has 4 N–H and O–H groups in total. The number of nitrogens with two attached hydrogens (primary N) is 1. The first-order chi connectivity index (χ1) is 11.7. The number of hydrogen-bond donors (Lipinski definition) is 3. The van der Waals surface area contributed by atoms with Gasteiger partial charge in [-0.25, -0.2) is 0 Å². The summed E-state index contributed by atoms with van der Waals surface area (Å²) in [6.07, 6.45) is 2.76. The Morgan fingerprint density at radius 2 is 1.25 bits per heavy atom. The molecule has 1 aliphatic carbocycles. The molecule has 1 saturated heterocycles. The first-order valence-corrected chi connectivity index (χ1v) is 8.61. The summed E-state index contributed by atoms with van der Waals surface area (Å²) in [5.41, 5.74) is 1.63. The highest BCUT2D eigenvalue weighted by atomic mass is 16.3. The van der Waals surface area contributed by atoms with Gasteiger partial charge in [-0.2, -0.15) is 0 Å². The van der Waals surface area contributed by atoms with Gasteiger partial charge < -0.3 is 15.5 Å². The number of phenolic OH excluding ortho intramolecular Hbond substituents is 2. The highest BCUT2D eigenvalue weighted by Crippen LogP contribution is 2.44. The number of aromatic hydroxyl groups is 2. The molecule has 124 valence electrons. The summed E-state index contributed by atoms with van der Waals surface area (Å²) in [5.74, 6) is 0.654. The summed E-state index contributed by atoms with van der Waals surface area (Å²) in [7, 11) is 0. The number of Topliss-reactive ketones (excluding diaryl/α,β-unsaturated/α-hetero) is 1. The first-order valence-electron chi connectivity index (χ1n) is 8.61. The van der Waals surface area contributed by atoms with Crippen molar-refractivity contribution in [2.75, 3.05) is 0 Å². The summed E-state index contributed by atoms with van der Waals surface area (Å²) in [6, 6.07) is 14.4. The van der Waals surface area contributed by atoms with E-state index in [2.05, 4.69) is 5.32 Å². The maximum atomic E-state index is 13.0. The number of fused-ring (bicyclic) bond motifs is 2. The van der Waals surface area contributed by atoms with Crippen LogP contribution in [0.1, 0.15) is 42.5 Å². The van der Waals surface area contributed by atoms with Crippen LogP contribution in [0.3, 0.4) is 0 Å². The molecule has 1 saturated carbocycles. The van der Waals surface area contributed by atoms with Gasteiger partial charge in [-0.1, -0.05) is 30.7 Å². The Balaban J connectivity index is 1.78. The molecule has 2 aliphatic rings. The molecule has 1 heterocycles. The van der Waals surface area contributed by atoms with Gasteiger partial charge in [-0.15, -0.1) is 0 Å². The number of benzene rings is 2. The van der Waals surface area contributed by atoms with Crippen molar-refractivity contribution in [1.82, 2.24) is 0 Å². The lowest BCUT2D eigenvalue weighted by Crippen LogP contribution is -2.92. The maximum Gasteiger partial charge on any atom is 0.151 e. The number of phenols is 2. The average Bonchev–Trinajstić information content (AvgIpc) is 2.57. The van der Waals surface area contributed by atoms with E-state index in [1.807, 2.05) is 24.3 Å². The lowest BCUT2D eigenvalue weighted by atomic mass is 9.67. The molecule has 4 atom stereocenters. The molecule has 2 fully saturated rings. The molecular weight excluding hydrogens is 302 g/mol. The monoisotopic (exact) mass is 324 g/mol. The van der Waals surface area contributed by atoms with Crippen molar-refractivity contribution >= 4 is 5.78 Å². The minimum absolute atomic E-state index is 0.0563. The molecule has 0 spiro atoms. The van der Waals surface area contributed by atoms with Crippen molar-refractivity contribution in [2.45, 2.75) is 31.3 Å². The average molecular weight is 324 g/mol. The fourth-order valence-electron chi connectivity index (χ4n) is 4.50. The van der Waals surface area contributed by atoms with Crippen LogP contribution in [-0.4, -0.2) is 16.0 Å². The molecule has 2 aromatic carbocycles. The van der Waals surface area contributed by atoms with Crippen LogP contribution < -0.4 is 5.32 Å². The van der Waals surface area contributed by atoms with Crippen LogP contribution in [0.5, 0.6) is 11.5 Å². The Morgan fingerprint density at radius 3 is 1.71 bits per heavy atom. The number of rotatable bonds is 2. The predicted molar refractivity (Wildman–Crippen MR) is 89.5 cm³/mol. The van der Waals surface area contributed by atoms with Gasteiger partial charge in [0.2, 0.25) is 0 Å². The van der Waals surface area contributed by atoms with E-state index in [1.165, 1.54) is 0 Å². The van der Waals surface area contributed by atoms with E-state index in [0.717, 1.165) is 30.4 Å². The summed E-state index contributed by atoms with van der Waals surface area (Å²) < 4.78 is 0. The van der Waals surface area contributed by atoms with Crippen LogP contribution in [0, 0.1) is 11.8 Å². The molecule has 2 aromatic rings. The smallest absolute Gasteiger partial charge is 0.151 e. The van der Waals surface area contributed by atoms with Gasteiger partial charge in [0.05, 0.1) is 23.0 Å². The van der Waals surface area contributed by atoms with Gasteiger partial charge in [0.15, 0.2) is 5.78 Å². The standard InChI is InChI=1S/C20H21NO3/c22-16-10-3-1-6-12(16)18-14-8-5-9-15(20(14)24)19(21-18)13-7-2-4-11-17(13)23/h1-4,6-7,10-11,14-15,18-19,21-23H,5,8-9H2/p+1/t14-,15-,18+,19+/m0/s1. The molecule has 0 aromatic heterocycles. The zero-order valence-electron chi connectivity index (χ0n) is 13.4. The molecule has 0 unspecified atom stereocenters. The molecule has 0 radical (unpaired) electrons. The van der Waals surface area contributed by atoms with Crippen molar-refractivity contribution in [3.05, 3.63) is 59.7 Å². The van der Waals surface area contributed by atoms with Crippen molar-refractivity contribution in [3.63, 3.8) is 0 Å². The lowest BCUT2D eigenvalue weighted by molar-refractivity contribution is -0.750. The van der Waals surface area contributed by atoms with Crippen molar-refractivity contribution < 1.29 is 20.3 Å². The van der Waals surface area contributed by atoms with E-state index in [0.29, 0.717) is 0 Å². The molecule has 1 aliphatic heterocycles. The third-order valence-corrected chi connectivity index (χ3v) is 5.63. The third-order valence-electron chi connectivity index (χ3n) is 5.63. The van der Waals surface area contributed by atoms with Gasteiger partial charge in [0, 0.05) is 0 Å². The Morgan fingerprint density at radius 1 is 0.792 bits per heavy atom. The number of piperidine rings is 1. The van der Waals surface area contributed by atoms with Gasteiger partial charge >= 0.3 is 0 Å². The Bertz CT molecular complexity index is 711. The van der Waals surface area contributed by atoms with Crippen LogP contribution >= 0.6 is 0 Å². The van der Waals surface area contributed by atoms with Crippen LogP contribution in [0.2, 0.25) is 0 Å². The Kier molecular flexibility index (Phi) is 3.77. The number of carbonyl (C=O) groups is 1. The van der Waals surface area contributed by atoms with E-state index in [4.69, 9.17) is 0 Å². The maximum absolute atomic E-state index is 13.0. The number of para-hydroxylation sites is 2. The van der Waals surface area contributed by atoms with Gasteiger partial charge in [0.1, 0.15) is 23.6 Å². The van der Waals surface area contributed by atoms with Crippen LogP contribution in [0.25, 0.3) is 0 Å². The van der Waals surface area contributed by atoms with Gasteiger partial charge in [-0.05, 0) is 37.1 Å². The Hall–Kier alpha value is -2.33. The van der Waals surface area contributed by atoms with Crippen LogP contribution in [0.15, 0.2) is 48.5 Å². The highest BCUT2D eigenvalue weighted by Gasteiger charge is 2.50. The summed E-state index contributed by atoms with van der Waals surface area (Å²) in [6.45, 7) is 0. The molecule has 4 heteroatoms. The van der Waals surface area contributed by atoms with Gasteiger partial charge in [0.25, 0.3) is 0 Å². The van der Waals surface area contributed by atoms with Gasteiger partial charge in [-0.3, -0.25) is 4.79 Å². The Labute approximate surface area is 141 Å². The summed E-state index contributed by atoms with van der Waals surface area (Å²) in [5, 5.41) is 22.7. The zero-order valence-corrected chi connectivity index (χ0v) is 13.4. The fourth-order valence-corrected chi connectivity index (χ4v) is 4.50. The second-order valence-corrected chi connectivity index (χ2v) is 6.91. The molecule has 24 heavy (non-hydrogen) atoms. The highest BCUT2D eigenvalue weighted by molar-refractivity contribution is 5.86. The topological polar surface area (TPSA) is 74.1 Å². The van der Waals surface area contributed by atoms with E-state index in [9.17, 15) is 15.0 Å². The van der Waals surface area contributed by atoms with Crippen LogP contribution in [-0.2, 0) is 4.79 Å². The second-order valence-electron chi connectivity index (χ2n) is 6.91. The summed E-state index contributed by atoms with van der Waals surface area (Å²) in [4.78, 5) is 13.0. The van der Waals surface area contributed by atoms with Crippen molar-refractivity contribution in [3.8, 4) is 11.5 Å². The molecule has 4 nitrogen and oxygen atoms in total. The molecular formula is C20H22NO3+. The number of ketones is 1. The SMILES string of the molecule is O=C1[C@H]2CCC[C@H]1[C@@H](c1ccccc1O)[NH2+][C@@H]2c1ccccc1O.